The molecule has 3 aromatic carbocycles. The highest BCUT2D eigenvalue weighted by molar-refractivity contribution is 6.46. The third-order valence-electron chi connectivity index (χ3n) is 8.07. The first-order valence-corrected chi connectivity index (χ1v) is 14.9. The van der Waals surface area contributed by atoms with E-state index in [4.69, 9.17) is 23.7 Å². The molecular formula is C34H36N2O8. The number of fused-ring (bicyclic) bond motifs is 1. The molecule has 3 aliphatic heterocycles. The van der Waals surface area contributed by atoms with E-state index in [0.29, 0.717) is 80.1 Å². The highest BCUT2D eigenvalue weighted by atomic mass is 16.6. The Morgan fingerprint density at radius 3 is 2.43 bits per heavy atom. The molecule has 6 rings (SSSR count). The molecule has 2 saturated heterocycles. The summed E-state index contributed by atoms with van der Waals surface area (Å²) in [5.74, 6) is 0.343. The second-order valence-corrected chi connectivity index (χ2v) is 10.8. The van der Waals surface area contributed by atoms with E-state index in [2.05, 4.69) is 4.90 Å². The van der Waals surface area contributed by atoms with Crippen LogP contribution in [0.5, 0.6) is 23.0 Å². The monoisotopic (exact) mass is 600 g/mol. The van der Waals surface area contributed by atoms with Crippen molar-refractivity contribution in [2.75, 3.05) is 59.7 Å². The maximum atomic E-state index is 13.6. The zero-order valence-electron chi connectivity index (χ0n) is 24.7. The van der Waals surface area contributed by atoms with E-state index in [1.165, 1.54) is 0 Å². The predicted molar refractivity (Wildman–Crippen MR) is 162 cm³/mol. The molecule has 44 heavy (non-hydrogen) atoms. The van der Waals surface area contributed by atoms with Gasteiger partial charge < -0.3 is 33.7 Å². The number of Topliss-reactive ketones (excluding diaryl/α,β-unsaturated/α-hetero) is 1. The van der Waals surface area contributed by atoms with Crippen LogP contribution in [0.15, 0.2) is 72.3 Å². The standard InChI is InChI=1S/C34H36N2O8/c1-40-28-20-24(8-10-26(28)44-22-23-6-3-2-4-7-23)31-30(32(37)25-9-11-27-29(21-25)43-19-18-42-27)33(38)34(39)36(31)13-5-12-35-14-16-41-17-15-35/h2-4,6-11,20-21,31,37H,5,12-19,22H2,1H3/t31-/m0/s1. The first kappa shape index (κ1) is 29.5. The normalized spacial score (nSPS) is 19.7. The number of benzene rings is 3. The summed E-state index contributed by atoms with van der Waals surface area (Å²) < 4.78 is 28.5. The molecule has 3 heterocycles. The van der Waals surface area contributed by atoms with Gasteiger partial charge in [-0.2, -0.15) is 0 Å². The fourth-order valence-corrected chi connectivity index (χ4v) is 5.80. The number of hydrogen-bond acceptors (Lipinski definition) is 9. The van der Waals surface area contributed by atoms with Gasteiger partial charge in [0.15, 0.2) is 23.0 Å². The molecule has 0 spiro atoms. The van der Waals surface area contributed by atoms with Crippen molar-refractivity contribution in [2.45, 2.75) is 19.1 Å². The fourth-order valence-electron chi connectivity index (χ4n) is 5.80. The molecule has 0 saturated carbocycles. The van der Waals surface area contributed by atoms with Crippen molar-refractivity contribution in [3.63, 3.8) is 0 Å². The molecule has 230 valence electrons. The average molecular weight is 601 g/mol. The molecule has 1 atom stereocenters. The SMILES string of the molecule is COc1cc([C@H]2C(=C(O)c3ccc4c(c3)OCCO4)C(=O)C(=O)N2CCCN2CCOCC2)ccc1OCc1ccccc1. The van der Waals surface area contributed by atoms with Crippen LogP contribution in [0.4, 0.5) is 0 Å². The number of aliphatic hydroxyl groups is 1. The topological polar surface area (TPSA) is 107 Å². The second-order valence-electron chi connectivity index (χ2n) is 10.8. The lowest BCUT2D eigenvalue weighted by atomic mass is 9.94. The van der Waals surface area contributed by atoms with Crippen molar-refractivity contribution in [3.8, 4) is 23.0 Å². The van der Waals surface area contributed by atoms with Gasteiger partial charge in [0.25, 0.3) is 11.7 Å². The minimum absolute atomic E-state index is 0.0121. The van der Waals surface area contributed by atoms with E-state index in [-0.39, 0.29) is 11.3 Å². The van der Waals surface area contributed by atoms with Crippen LogP contribution < -0.4 is 18.9 Å². The molecule has 1 amide bonds. The van der Waals surface area contributed by atoms with E-state index in [1.807, 2.05) is 36.4 Å². The van der Waals surface area contributed by atoms with E-state index in [0.717, 1.165) is 25.2 Å². The summed E-state index contributed by atoms with van der Waals surface area (Å²) in [7, 11) is 1.54. The Morgan fingerprint density at radius 1 is 0.886 bits per heavy atom. The number of methoxy groups -OCH3 is 1. The number of rotatable bonds is 10. The molecule has 0 aromatic heterocycles. The molecule has 0 unspecified atom stereocenters. The third-order valence-corrected chi connectivity index (χ3v) is 8.07. The van der Waals surface area contributed by atoms with Gasteiger partial charge in [-0.1, -0.05) is 36.4 Å². The first-order chi connectivity index (χ1) is 21.5. The second kappa shape index (κ2) is 13.4. The summed E-state index contributed by atoms with van der Waals surface area (Å²) in [5, 5.41) is 11.6. The number of morpholine rings is 1. The van der Waals surface area contributed by atoms with Crippen molar-refractivity contribution in [1.29, 1.82) is 0 Å². The molecular weight excluding hydrogens is 564 g/mol. The zero-order chi connectivity index (χ0) is 30.5. The number of ether oxygens (including phenoxy) is 5. The molecule has 0 bridgehead atoms. The molecule has 10 nitrogen and oxygen atoms in total. The largest absolute Gasteiger partial charge is 0.507 e. The van der Waals surface area contributed by atoms with Gasteiger partial charge in [-0.25, -0.2) is 0 Å². The van der Waals surface area contributed by atoms with Gasteiger partial charge in [0.2, 0.25) is 0 Å². The number of ketones is 1. The van der Waals surface area contributed by atoms with Gasteiger partial charge in [-0.3, -0.25) is 14.5 Å². The summed E-state index contributed by atoms with van der Waals surface area (Å²) >= 11 is 0. The summed E-state index contributed by atoms with van der Waals surface area (Å²) in [4.78, 5) is 31.0. The summed E-state index contributed by atoms with van der Waals surface area (Å²) in [6, 6.07) is 19.3. The number of amides is 1. The Kier molecular flexibility index (Phi) is 8.99. The quantitative estimate of drug-likeness (QED) is 0.208. The Bertz CT molecular complexity index is 1530. The lowest BCUT2D eigenvalue weighted by Crippen LogP contribution is -2.39. The van der Waals surface area contributed by atoms with Crippen molar-refractivity contribution >= 4 is 17.4 Å². The van der Waals surface area contributed by atoms with Crippen LogP contribution in [0.25, 0.3) is 5.76 Å². The molecule has 2 fully saturated rings. The maximum absolute atomic E-state index is 13.6. The Hall–Kier alpha value is -4.54. The van der Waals surface area contributed by atoms with Crippen molar-refractivity contribution in [1.82, 2.24) is 9.80 Å². The lowest BCUT2D eigenvalue weighted by molar-refractivity contribution is -0.140. The van der Waals surface area contributed by atoms with Crippen molar-refractivity contribution in [3.05, 3.63) is 89.0 Å². The Balaban J connectivity index is 1.34. The number of hydrogen-bond donors (Lipinski definition) is 1. The fraction of sp³-hybridized carbons (Fsp3) is 0.353. The zero-order valence-corrected chi connectivity index (χ0v) is 24.7. The highest BCUT2D eigenvalue weighted by Gasteiger charge is 2.46. The summed E-state index contributed by atoms with van der Waals surface area (Å²) in [6.45, 7) is 5.26. The highest BCUT2D eigenvalue weighted by Crippen LogP contribution is 2.43. The van der Waals surface area contributed by atoms with Gasteiger partial charge in [0.05, 0.1) is 31.9 Å². The number of likely N-dealkylation sites (tertiary alicyclic amines) is 1. The molecule has 3 aliphatic rings. The molecule has 3 aromatic rings. The Morgan fingerprint density at radius 2 is 1.66 bits per heavy atom. The van der Waals surface area contributed by atoms with E-state index < -0.39 is 17.7 Å². The average Bonchev–Trinajstić information content (AvgIpc) is 3.32. The van der Waals surface area contributed by atoms with Crippen LogP contribution in [0.3, 0.4) is 0 Å². The number of carbonyl (C=O) groups excluding carboxylic acids is 2. The van der Waals surface area contributed by atoms with Crippen LogP contribution in [0.1, 0.15) is 29.2 Å². The summed E-state index contributed by atoms with van der Waals surface area (Å²) in [6.07, 6.45) is 0.656. The van der Waals surface area contributed by atoms with Crippen LogP contribution in [0, 0.1) is 0 Å². The molecule has 0 aliphatic carbocycles. The van der Waals surface area contributed by atoms with Crippen LogP contribution in [0.2, 0.25) is 0 Å². The maximum Gasteiger partial charge on any atom is 0.295 e. The Labute approximate surface area is 256 Å². The van der Waals surface area contributed by atoms with Gasteiger partial charge >= 0.3 is 0 Å². The molecule has 1 N–H and O–H groups in total. The molecule has 0 radical (unpaired) electrons. The van der Waals surface area contributed by atoms with Gasteiger partial charge in [-0.05, 0) is 47.9 Å². The van der Waals surface area contributed by atoms with Gasteiger partial charge in [-0.15, -0.1) is 0 Å². The number of aliphatic hydroxyl groups excluding tert-OH is 1. The van der Waals surface area contributed by atoms with Crippen molar-refractivity contribution in [2.24, 2.45) is 0 Å². The van der Waals surface area contributed by atoms with E-state index in [9.17, 15) is 14.7 Å². The lowest BCUT2D eigenvalue weighted by Gasteiger charge is -2.29. The molecule has 10 heteroatoms. The minimum atomic E-state index is -0.829. The van der Waals surface area contributed by atoms with Crippen molar-refractivity contribution < 1.29 is 38.4 Å². The smallest absolute Gasteiger partial charge is 0.295 e. The van der Waals surface area contributed by atoms with Gasteiger partial charge in [0, 0.05) is 31.7 Å². The first-order valence-electron chi connectivity index (χ1n) is 14.9. The van der Waals surface area contributed by atoms with Gasteiger partial charge in [0.1, 0.15) is 25.6 Å². The predicted octanol–water partition coefficient (Wildman–Crippen LogP) is 4.19. The number of nitrogens with zero attached hydrogens (tertiary/aromatic N) is 2. The van der Waals surface area contributed by atoms with Crippen LogP contribution >= 0.6 is 0 Å². The van der Waals surface area contributed by atoms with Crippen LogP contribution in [-0.4, -0.2) is 86.3 Å². The van der Waals surface area contributed by atoms with Crippen LogP contribution in [-0.2, 0) is 20.9 Å². The summed E-state index contributed by atoms with van der Waals surface area (Å²) in [5.41, 5.74) is 2.00. The number of carbonyl (C=O) groups is 2. The van der Waals surface area contributed by atoms with E-state index >= 15 is 0 Å². The third kappa shape index (κ3) is 6.22. The minimum Gasteiger partial charge on any atom is -0.507 e. The van der Waals surface area contributed by atoms with E-state index in [1.54, 1.807) is 42.3 Å².